The first-order valence-corrected chi connectivity index (χ1v) is 9.60. The number of carbonyl (C=O) groups excluding carboxylic acids is 2. The number of nitrogens with one attached hydrogen (secondary N) is 1. The number of rotatable bonds is 7. The van der Waals surface area contributed by atoms with E-state index in [1.807, 2.05) is 20.8 Å². The minimum absolute atomic E-state index is 0.0457. The molecule has 0 spiro atoms. The first kappa shape index (κ1) is 19.5. The molecule has 0 radical (unpaired) electrons. The van der Waals surface area contributed by atoms with Gasteiger partial charge in [-0.2, -0.15) is 0 Å². The largest absolute Gasteiger partial charge is 0.480 e. The lowest BCUT2D eigenvalue weighted by molar-refractivity contribution is -0.152. The molecule has 2 amide bonds. The molecule has 1 aromatic heterocycles. The van der Waals surface area contributed by atoms with Crippen LogP contribution in [0.2, 0.25) is 0 Å². The van der Waals surface area contributed by atoms with Gasteiger partial charge in [0.15, 0.2) is 0 Å². The van der Waals surface area contributed by atoms with Crippen LogP contribution in [0.5, 0.6) is 0 Å². The second kappa shape index (κ2) is 7.38. The molecular formula is C20H27N3O4. The van der Waals surface area contributed by atoms with Crippen LogP contribution in [0.1, 0.15) is 51.8 Å². The third-order valence-electron chi connectivity index (χ3n) is 5.60. The van der Waals surface area contributed by atoms with Crippen molar-refractivity contribution in [2.75, 3.05) is 6.54 Å². The van der Waals surface area contributed by atoms with Gasteiger partial charge in [0.25, 0.3) is 0 Å². The second-order valence-corrected chi connectivity index (χ2v) is 7.94. The molecule has 7 heteroatoms. The van der Waals surface area contributed by atoms with Gasteiger partial charge in [-0.25, -0.2) is 0 Å². The molecule has 2 aliphatic heterocycles. The minimum Gasteiger partial charge on any atom is -0.480 e. The Hall–Kier alpha value is -2.28. The number of aromatic nitrogens is 1. The number of fused-ring (bicyclic) bond motifs is 1. The van der Waals surface area contributed by atoms with Crippen LogP contribution in [-0.4, -0.2) is 44.9 Å². The van der Waals surface area contributed by atoms with E-state index in [2.05, 4.69) is 10.3 Å². The number of carboxylic acids is 1. The van der Waals surface area contributed by atoms with E-state index in [-0.39, 0.29) is 24.2 Å². The summed E-state index contributed by atoms with van der Waals surface area (Å²) in [6, 6.07) is 4.75. The maximum atomic E-state index is 13.2. The van der Waals surface area contributed by atoms with Crippen LogP contribution in [0, 0.1) is 17.8 Å². The summed E-state index contributed by atoms with van der Waals surface area (Å²) in [4.78, 5) is 44.3. The summed E-state index contributed by atoms with van der Waals surface area (Å²) in [5.41, 5.74) is -0.868. The van der Waals surface area contributed by atoms with E-state index in [0.717, 1.165) is 6.42 Å². The van der Waals surface area contributed by atoms with E-state index in [1.54, 1.807) is 24.4 Å². The third kappa shape index (κ3) is 3.14. The van der Waals surface area contributed by atoms with Crippen LogP contribution in [0.3, 0.4) is 0 Å². The number of hydrogen-bond donors (Lipinski definition) is 2. The number of likely N-dealkylation sites (tertiary alicyclic amines) is 1. The Labute approximate surface area is 159 Å². The van der Waals surface area contributed by atoms with Gasteiger partial charge in [-0.1, -0.05) is 33.3 Å². The molecule has 7 nitrogen and oxygen atoms in total. The predicted molar refractivity (Wildman–Crippen MR) is 98.5 cm³/mol. The third-order valence-corrected chi connectivity index (χ3v) is 5.60. The Morgan fingerprint density at radius 2 is 2.07 bits per heavy atom. The Bertz CT molecular complexity index is 736. The fourth-order valence-corrected chi connectivity index (χ4v) is 4.53. The summed E-state index contributed by atoms with van der Waals surface area (Å²) in [6.07, 6.45) is 3.45. The van der Waals surface area contributed by atoms with Gasteiger partial charge in [-0.15, -0.1) is 0 Å². The minimum atomic E-state index is -1.46. The van der Waals surface area contributed by atoms with Crippen LogP contribution >= 0.6 is 0 Å². The molecule has 2 aliphatic rings. The predicted octanol–water partition coefficient (Wildman–Crippen LogP) is 2.00. The van der Waals surface area contributed by atoms with Crippen molar-refractivity contribution in [1.29, 1.82) is 0 Å². The van der Waals surface area contributed by atoms with Gasteiger partial charge in [0, 0.05) is 12.7 Å². The quantitative estimate of drug-likeness (QED) is 0.709. The van der Waals surface area contributed by atoms with Gasteiger partial charge in [0.2, 0.25) is 11.8 Å². The molecule has 146 valence electrons. The van der Waals surface area contributed by atoms with Crippen molar-refractivity contribution in [1.82, 2.24) is 15.2 Å². The standard InChI is InChI=1S/C20H27N3O4/c1-4-5-10-23-17(24)14-15(18(23)25)20(19(26)27,11-12(2)3)22-16(14)13-8-6-7-9-21-13/h6-9,12,14-16,22H,4-5,10-11H2,1-3H3,(H,26,27). The lowest BCUT2D eigenvalue weighted by atomic mass is 9.75. The summed E-state index contributed by atoms with van der Waals surface area (Å²) >= 11 is 0. The smallest absolute Gasteiger partial charge is 0.324 e. The SMILES string of the molecule is CCCCN1C(=O)C2C(c3ccccn3)NC(CC(C)C)(C(=O)O)C2C1=O. The van der Waals surface area contributed by atoms with Gasteiger partial charge in [0.1, 0.15) is 5.54 Å². The molecule has 2 N–H and O–H groups in total. The van der Waals surface area contributed by atoms with Gasteiger partial charge in [-0.3, -0.25) is 29.6 Å². The Morgan fingerprint density at radius 3 is 2.63 bits per heavy atom. The van der Waals surface area contributed by atoms with Crippen molar-refractivity contribution >= 4 is 17.8 Å². The molecule has 4 atom stereocenters. The lowest BCUT2D eigenvalue weighted by Crippen LogP contribution is -2.56. The Balaban J connectivity index is 2.09. The zero-order valence-electron chi connectivity index (χ0n) is 16.0. The molecule has 0 aromatic carbocycles. The van der Waals surface area contributed by atoms with Crippen molar-refractivity contribution in [2.45, 2.75) is 51.6 Å². The monoisotopic (exact) mass is 373 g/mol. The fraction of sp³-hybridized carbons (Fsp3) is 0.600. The molecule has 3 rings (SSSR count). The molecule has 1 aromatic rings. The first-order valence-electron chi connectivity index (χ1n) is 9.60. The molecule has 2 saturated heterocycles. The van der Waals surface area contributed by atoms with Crippen molar-refractivity contribution in [2.24, 2.45) is 17.8 Å². The summed E-state index contributed by atoms with van der Waals surface area (Å²) in [7, 11) is 0. The van der Waals surface area contributed by atoms with Gasteiger partial charge in [0.05, 0.1) is 23.6 Å². The van der Waals surface area contributed by atoms with E-state index < -0.39 is 29.4 Å². The number of carbonyl (C=O) groups is 3. The maximum absolute atomic E-state index is 13.2. The lowest BCUT2D eigenvalue weighted by Gasteiger charge is -2.32. The van der Waals surface area contributed by atoms with Crippen LogP contribution < -0.4 is 5.32 Å². The van der Waals surface area contributed by atoms with Crippen molar-refractivity contribution in [3.05, 3.63) is 30.1 Å². The molecule has 2 fully saturated rings. The summed E-state index contributed by atoms with van der Waals surface area (Å²) in [5.74, 6) is -3.33. The van der Waals surface area contributed by atoms with Crippen LogP contribution in [0.25, 0.3) is 0 Å². The summed E-state index contributed by atoms with van der Waals surface area (Å²) < 4.78 is 0. The first-order chi connectivity index (χ1) is 12.8. The van der Waals surface area contributed by atoms with E-state index in [9.17, 15) is 19.5 Å². The number of hydrogen-bond acceptors (Lipinski definition) is 5. The highest BCUT2D eigenvalue weighted by molar-refractivity contribution is 6.09. The summed E-state index contributed by atoms with van der Waals surface area (Å²) in [6.45, 7) is 6.18. The van der Waals surface area contributed by atoms with E-state index in [1.165, 1.54) is 4.90 Å². The number of unbranched alkanes of at least 4 members (excludes halogenated alkanes) is 1. The topological polar surface area (TPSA) is 99.6 Å². The summed E-state index contributed by atoms with van der Waals surface area (Å²) in [5, 5.41) is 13.3. The number of carboxylic acid groups (broad SMARTS) is 1. The van der Waals surface area contributed by atoms with Crippen LogP contribution in [0.15, 0.2) is 24.4 Å². The number of aliphatic carboxylic acids is 1. The molecule has 0 bridgehead atoms. The number of nitrogens with zero attached hydrogens (tertiary/aromatic N) is 2. The molecule has 0 aliphatic carbocycles. The average molecular weight is 373 g/mol. The van der Waals surface area contributed by atoms with Crippen LogP contribution in [-0.2, 0) is 14.4 Å². The Morgan fingerprint density at radius 1 is 1.33 bits per heavy atom. The van der Waals surface area contributed by atoms with Gasteiger partial charge < -0.3 is 5.11 Å². The normalized spacial score (nSPS) is 30.2. The van der Waals surface area contributed by atoms with Crippen molar-refractivity contribution in [3.8, 4) is 0 Å². The molecular weight excluding hydrogens is 346 g/mol. The zero-order chi connectivity index (χ0) is 19.8. The van der Waals surface area contributed by atoms with Crippen LogP contribution in [0.4, 0.5) is 0 Å². The van der Waals surface area contributed by atoms with Crippen molar-refractivity contribution in [3.63, 3.8) is 0 Å². The molecule has 0 saturated carbocycles. The van der Waals surface area contributed by atoms with E-state index in [4.69, 9.17) is 0 Å². The van der Waals surface area contributed by atoms with Crippen molar-refractivity contribution < 1.29 is 19.5 Å². The average Bonchev–Trinajstić information content (AvgIpc) is 3.09. The molecule has 27 heavy (non-hydrogen) atoms. The Kier molecular flexibility index (Phi) is 5.33. The highest BCUT2D eigenvalue weighted by Crippen LogP contribution is 2.50. The highest BCUT2D eigenvalue weighted by atomic mass is 16.4. The number of imide groups is 1. The van der Waals surface area contributed by atoms with E-state index in [0.29, 0.717) is 18.7 Å². The van der Waals surface area contributed by atoms with E-state index >= 15 is 0 Å². The second-order valence-electron chi connectivity index (χ2n) is 7.94. The number of amides is 2. The molecule has 3 heterocycles. The maximum Gasteiger partial charge on any atom is 0.324 e. The van der Waals surface area contributed by atoms with Gasteiger partial charge in [-0.05, 0) is 30.9 Å². The van der Waals surface area contributed by atoms with Gasteiger partial charge >= 0.3 is 5.97 Å². The highest BCUT2D eigenvalue weighted by Gasteiger charge is 2.68. The number of pyridine rings is 1. The zero-order valence-corrected chi connectivity index (χ0v) is 16.0. The molecule has 4 unspecified atom stereocenters. The fourth-order valence-electron chi connectivity index (χ4n) is 4.53.